The van der Waals surface area contributed by atoms with Crippen LogP contribution in [0.3, 0.4) is 0 Å². The van der Waals surface area contributed by atoms with E-state index in [4.69, 9.17) is 5.73 Å². The molecular weight excluding hydrogens is 332 g/mol. The van der Waals surface area contributed by atoms with Gasteiger partial charge in [-0.2, -0.15) is 0 Å². The lowest BCUT2D eigenvalue weighted by molar-refractivity contribution is -0.116. The van der Waals surface area contributed by atoms with Gasteiger partial charge in [-0.15, -0.1) is 0 Å². The third-order valence-electron chi connectivity index (χ3n) is 4.01. The molecule has 0 aliphatic rings. The molecule has 7 nitrogen and oxygen atoms in total. The van der Waals surface area contributed by atoms with Crippen LogP contribution in [0.5, 0.6) is 0 Å². The molecule has 0 spiro atoms. The predicted molar refractivity (Wildman–Crippen MR) is 98.8 cm³/mol. The first-order chi connectivity index (χ1) is 12.5. The summed E-state index contributed by atoms with van der Waals surface area (Å²) in [5.41, 5.74) is 7.18. The van der Waals surface area contributed by atoms with Crippen LogP contribution in [0.15, 0.2) is 54.7 Å². The number of hydrogen-bond donors (Lipinski definition) is 3. The normalized spacial score (nSPS) is 10.5. The molecule has 3 aromatic rings. The molecule has 26 heavy (non-hydrogen) atoms. The highest BCUT2D eigenvalue weighted by Gasteiger charge is 2.19. The highest BCUT2D eigenvalue weighted by molar-refractivity contribution is 6.08. The zero-order chi connectivity index (χ0) is 18.7. The Hall–Kier alpha value is -3.61. The van der Waals surface area contributed by atoms with Gasteiger partial charge in [-0.05, 0) is 18.2 Å². The second-order valence-corrected chi connectivity index (χ2v) is 5.87. The van der Waals surface area contributed by atoms with Gasteiger partial charge in [-0.3, -0.25) is 14.4 Å². The summed E-state index contributed by atoms with van der Waals surface area (Å²) in [7, 11) is 1.55. The minimum atomic E-state index is -0.635. The number of primary amides is 1. The van der Waals surface area contributed by atoms with Crippen molar-refractivity contribution >= 4 is 34.3 Å². The summed E-state index contributed by atoms with van der Waals surface area (Å²) in [6, 6.07) is 13.9. The standard InChI is InChI=1S/C19H18N4O3/c1-23(19(26)14-10-21-15-8-4-2-6-12(14)15)11-17(24)22-16-9-5-3-7-13(16)18(20)25/h2-10,21H,11H2,1H3,(H2,20,25)(H,22,24). The summed E-state index contributed by atoms with van der Waals surface area (Å²) < 4.78 is 0. The molecule has 4 N–H and O–H groups in total. The Kier molecular flexibility index (Phi) is 4.70. The van der Waals surface area contributed by atoms with Crippen LogP contribution in [0.4, 0.5) is 5.69 Å². The third kappa shape index (κ3) is 3.41. The van der Waals surface area contributed by atoms with E-state index in [2.05, 4.69) is 10.3 Å². The minimum Gasteiger partial charge on any atom is -0.366 e. The summed E-state index contributed by atoms with van der Waals surface area (Å²) in [5.74, 6) is -1.33. The van der Waals surface area contributed by atoms with Gasteiger partial charge in [-0.25, -0.2) is 0 Å². The SMILES string of the molecule is CN(CC(=O)Nc1ccccc1C(N)=O)C(=O)c1c[nH]c2ccccc12. The summed E-state index contributed by atoms with van der Waals surface area (Å²) in [5, 5.41) is 3.41. The molecular formula is C19H18N4O3. The maximum absolute atomic E-state index is 12.6. The number of nitrogens with two attached hydrogens (primary N) is 1. The molecule has 3 rings (SSSR count). The Labute approximate surface area is 149 Å². The van der Waals surface area contributed by atoms with Crippen LogP contribution in [0, 0.1) is 0 Å². The molecule has 1 aromatic heterocycles. The largest absolute Gasteiger partial charge is 0.366 e. The fourth-order valence-electron chi connectivity index (χ4n) is 2.74. The van der Waals surface area contributed by atoms with Crippen molar-refractivity contribution < 1.29 is 14.4 Å². The van der Waals surface area contributed by atoms with Crippen LogP contribution in [-0.2, 0) is 4.79 Å². The number of hydrogen-bond acceptors (Lipinski definition) is 3. The lowest BCUT2D eigenvalue weighted by Crippen LogP contribution is -2.35. The van der Waals surface area contributed by atoms with Crippen LogP contribution in [-0.4, -0.2) is 41.2 Å². The number of carbonyl (C=O) groups is 3. The van der Waals surface area contributed by atoms with Crippen LogP contribution in [0.25, 0.3) is 10.9 Å². The van der Waals surface area contributed by atoms with Gasteiger partial charge in [-0.1, -0.05) is 30.3 Å². The molecule has 1 heterocycles. The zero-order valence-electron chi connectivity index (χ0n) is 14.2. The van der Waals surface area contributed by atoms with Crippen molar-refractivity contribution in [1.29, 1.82) is 0 Å². The first-order valence-electron chi connectivity index (χ1n) is 7.97. The van der Waals surface area contributed by atoms with Crippen molar-refractivity contribution in [2.24, 2.45) is 5.73 Å². The molecule has 0 aliphatic carbocycles. The average Bonchev–Trinajstić information content (AvgIpc) is 3.05. The topological polar surface area (TPSA) is 108 Å². The molecule has 132 valence electrons. The van der Waals surface area contributed by atoms with E-state index in [0.717, 1.165) is 10.9 Å². The molecule has 0 bridgehead atoms. The number of amides is 3. The van der Waals surface area contributed by atoms with E-state index in [0.29, 0.717) is 11.3 Å². The second-order valence-electron chi connectivity index (χ2n) is 5.87. The van der Waals surface area contributed by atoms with E-state index in [-0.39, 0.29) is 18.0 Å². The smallest absolute Gasteiger partial charge is 0.256 e. The highest BCUT2D eigenvalue weighted by atomic mass is 16.2. The lowest BCUT2D eigenvalue weighted by Gasteiger charge is -2.17. The summed E-state index contributed by atoms with van der Waals surface area (Å²) in [6.45, 7) is -0.161. The first kappa shape index (κ1) is 17.2. The van der Waals surface area contributed by atoms with E-state index < -0.39 is 11.8 Å². The molecule has 0 radical (unpaired) electrons. The van der Waals surface area contributed by atoms with Gasteiger partial charge in [0.15, 0.2) is 0 Å². The Balaban J connectivity index is 1.71. The number of para-hydroxylation sites is 2. The Morgan fingerprint density at radius 3 is 2.50 bits per heavy atom. The second kappa shape index (κ2) is 7.10. The maximum atomic E-state index is 12.6. The van der Waals surface area contributed by atoms with Gasteiger partial charge >= 0.3 is 0 Å². The Bertz CT molecular complexity index is 993. The molecule has 0 saturated carbocycles. The van der Waals surface area contributed by atoms with Gasteiger partial charge in [0.25, 0.3) is 11.8 Å². The Morgan fingerprint density at radius 2 is 1.73 bits per heavy atom. The minimum absolute atomic E-state index is 0.161. The average molecular weight is 350 g/mol. The number of likely N-dealkylation sites (N-methyl/N-ethyl adjacent to an activating group) is 1. The highest BCUT2D eigenvalue weighted by Crippen LogP contribution is 2.19. The molecule has 0 aliphatic heterocycles. The van der Waals surface area contributed by atoms with Crippen LogP contribution >= 0.6 is 0 Å². The molecule has 0 atom stereocenters. The van der Waals surface area contributed by atoms with Crippen molar-refractivity contribution in [3.05, 3.63) is 65.9 Å². The van der Waals surface area contributed by atoms with Crippen molar-refractivity contribution in [2.75, 3.05) is 18.9 Å². The molecule has 3 amide bonds. The van der Waals surface area contributed by atoms with Crippen molar-refractivity contribution in [2.45, 2.75) is 0 Å². The van der Waals surface area contributed by atoms with E-state index in [1.807, 2.05) is 24.3 Å². The molecule has 0 unspecified atom stereocenters. The molecule has 7 heteroatoms. The van der Waals surface area contributed by atoms with E-state index in [1.54, 1.807) is 31.4 Å². The first-order valence-corrected chi connectivity index (χ1v) is 7.97. The van der Waals surface area contributed by atoms with E-state index in [9.17, 15) is 14.4 Å². The number of H-pyrrole nitrogens is 1. The maximum Gasteiger partial charge on any atom is 0.256 e. The lowest BCUT2D eigenvalue weighted by atomic mass is 10.1. The fraction of sp³-hybridized carbons (Fsp3) is 0.105. The number of aromatic amines is 1. The summed E-state index contributed by atoms with van der Waals surface area (Å²) >= 11 is 0. The van der Waals surface area contributed by atoms with Crippen molar-refractivity contribution in [3.8, 4) is 0 Å². The fourth-order valence-corrected chi connectivity index (χ4v) is 2.74. The van der Waals surface area contributed by atoms with E-state index >= 15 is 0 Å². The number of nitrogens with one attached hydrogen (secondary N) is 2. The van der Waals surface area contributed by atoms with Gasteiger partial charge in [0.05, 0.1) is 23.4 Å². The van der Waals surface area contributed by atoms with E-state index in [1.165, 1.54) is 11.0 Å². The number of rotatable bonds is 5. The number of benzene rings is 2. The quantitative estimate of drug-likeness (QED) is 0.654. The predicted octanol–water partition coefficient (Wildman–Crippen LogP) is 1.98. The number of carbonyl (C=O) groups excluding carboxylic acids is 3. The number of aromatic nitrogens is 1. The third-order valence-corrected chi connectivity index (χ3v) is 4.01. The van der Waals surface area contributed by atoms with Crippen molar-refractivity contribution in [3.63, 3.8) is 0 Å². The molecule has 0 fully saturated rings. The summed E-state index contributed by atoms with van der Waals surface area (Å²) in [6.07, 6.45) is 1.63. The zero-order valence-corrected chi connectivity index (χ0v) is 14.2. The summed E-state index contributed by atoms with van der Waals surface area (Å²) in [4.78, 5) is 40.7. The number of nitrogens with zero attached hydrogens (tertiary/aromatic N) is 1. The monoisotopic (exact) mass is 350 g/mol. The van der Waals surface area contributed by atoms with Gasteiger partial charge < -0.3 is 20.9 Å². The molecule has 2 aromatic carbocycles. The Morgan fingerprint density at radius 1 is 1.04 bits per heavy atom. The van der Waals surface area contributed by atoms with Gasteiger partial charge in [0.1, 0.15) is 0 Å². The molecule has 0 saturated heterocycles. The number of fused-ring (bicyclic) bond motifs is 1. The van der Waals surface area contributed by atoms with Crippen LogP contribution in [0.2, 0.25) is 0 Å². The van der Waals surface area contributed by atoms with Crippen molar-refractivity contribution in [1.82, 2.24) is 9.88 Å². The van der Waals surface area contributed by atoms with Crippen LogP contribution in [0.1, 0.15) is 20.7 Å². The van der Waals surface area contributed by atoms with Gasteiger partial charge in [0.2, 0.25) is 5.91 Å². The van der Waals surface area contributed by atoms with Gasteiger partial charge in [0, 0.05) is 24.1 Å². The van der Waals surface area contributed by atoms with Crippen LogP contribution < -0.4 is 11.1 Å². The number of anilines is 1.